The molecule has 1 aromatic carbocycles. The van der Waals surface area contributed by atoms with E-state index in [-0.39, 0.29) is 33.9 Å². The summed E-state index contributed by atoms with van der Waals surface area (Å²) >= 11 is 0.816. The van der Waals surface area contributed by atoms with E-state index in [9.17, 15) is 22.4 Å². The highest BCUT2D eigenvalue weighted by Crippen LogP contribution is 2.34. The Bertz CT molecular complexity index is 1180. The minimum atomic E-state index is -2.40. The topological polar surface area (TPSA) is 101 Å². The fraction of sp³-hybridized carbons (Fsp3) is 0.409. The predicted molar refractivity (Wildman–Crippen MR) is 127 cm³/mol. The summed E-state index contributed by atoms with van der Waals surface area (Å²) in [6.07, 6.45) is 1.28. The third-order valence-corrected chi connectivity index (χ3v) is 6.69. The Hall–Kier alpha value is -3.19. The molecule has 1 amide bonds. The second-order valence-corrected chi connectivity index (χ2v) is 9.23. The van der Waals surface area contributed by atoms with Gasteiger partial charge in [0.05, 0.1) is 18.3 Å². The molecule has 1 atom stereocenters. The van der Waals surface area contributed by atoms with Crippen molar-refractivity contribution in [3.63, 3.8) is 0 Å². The van der Waals surface area contributed by atoms with Crippen LogP contribution in [-0.2, 0) is 7.05 Å². The number of anilines is 3. The fourth-order valence-electron chi connectivity index (χ4n) is 4.15. The molecule has 1 saturated heterocycles. The van der Waals surface area contributed by atoms with Crippen LogP contribution in [-0.4, -0.2) is 52.8 Å². The van der Waals surface area contributed by atoms with Crippen molar-refractivity contribution in [1.29, 1.82) is 0 Å². The Morgan fingerprint density at radius 3 is 2.71 bits per heavy atom. The van der Waals surface area contributed by atoms with E-state index in [4.69, 9.17) is 5.73 Å². The SMILES string of the molecule is Cn1ncc(NC(=O)c2nc(-c3c(F)cccc3F)sc2N)c1N1CCCC(NCC(F)F)CC1. The number of hydrogen-bond acceptors (Lipinski definition) is 7. The minimum Gasteiger partial charge on any atom is -0.389 e. The van der Waals surface area contributed by atoms with E-state index in [1.165, 1.54) is 12.3 Å². The molecule has 3 aromatic rings. The van der Waals surface area contributed by atoms with E-state index in [0.717, 1.165) is 36.3 Å². The number of halogens is 4. The van der Waals surface area contributed by atoms with Crippen LogP contribution in [0.2, 0.25) is 0 Å². The summed E-state index contributed by atoms with van der Waals surface area (Å²) < 4.78 is 55.0. The van der Waals surface area contributed by atoms with E-state index in [2.05, 4.69) is 20.7 Å². The first-order valence-electron chi connectivity index (χ1n) is 11.0. The van der Waals surface area contributed by atoms with Gasteiger partial charge in [-0.05, 0) is 31.4 Å². The summed E-state index contributed by atoms with van der Waals surface area (Å²) in [6, 6.07) is 3.42. The third kappa shape index (κ3) is 5.56. The van der Waals surface area contributed by atoms with Crippen molar-refractivity contribution in [2.24, 2.45) is 7.05 Å². The number of thiazole rings is 1. The number of amides is 1. The Morgan fingerprint density at radius 1 is 1.26 bits per heavy atom. The number of nitrogens with zero attached hydrogens (tertiary/aromatic N) is 4. The number of benzene rings is 1. The number of rotatable bonds is 7. The molecule has 3 heterocycles. The number of carbonyl (C=O) groups is 1. The van der Waals surface area contributed by atoms with Crippen LogP contribution in [0.15, 0.2) is 24.4 Å². The molecule has 0 saturated carbocycles. The van der Waals surface area contributed by atoms with Crippen molar-refractivity contribution in [2.45, 2.75) is 31.7 Å². The fourth-order valence-corrected chi connectivity index (χ4v) is 5.02. The van der Waals surface area contributed by atoms with Gasteiger partial charge in [0, 0.05) is 26.2 Å². The maximum absolute atomic E-state index is 14.2. The Kier molecular flexibility index (Phi) is 7.55. The lowest BCUT2D eigenvalue weighted by Gasteiger charge is -2.24. The maximum atomic E-state index is 14.2. The van der Waals surface area contributed by atoms with Crippen LogP contribution in [0.4, 0.5) is 34.1 Å². The van der Waals surface area contributed by atoms with Crippen LogP contribution < -0.4 is 21.3 Å². The summed E-state index contributed by atoms with van der Waals surface area (Å²) in [5.41, 5.74) is 5.90. The number of aromatic nitrogens is 3. The van der Waals surface area contributed by atoms with Gasteiger partial charge in [0.2, 0.25) is 0 Å². The molecule has 4 N–H and O–H groups in total. The van der Waals surface area contributed by atoms with Gasteiger partial charge in [-0.1, -0.05) is 17.4 Å². The van der Waals surface area contributed by atoms with Gasteiger partial charge >= 0.3 is 0 Å². The zero-order valence-corrected chi connectivity index (χ0v) is 19.7. The number of carbonyl (C=O) groups excluding carboxylic acids is 1. The standard InChI is InChI=1S/C22H25F4N7OS/c1-32-22(33-8-3-4-12(7-9-33)28-11-16(25)26)15(10-29-32)30-20(34)18-19(27)35-21(31-18)17-13(23)5-2-6-14(17)24/h2,5-6,10,12,16,28H,3-4,7-9,11,27H2,1H3,(H,30,34). The number of aryl methyl sites for hydroxylation is 1. The zero-order chi connectivity index (χ0) is 25.1. The molecule has 8 nitrogen and oxygen atoms in total. The molecule has 1 unspecified atom stereocenters. The summed E-state index contributed by atoms with van der Waals surface area (Å²) in [4.78, 5) is 19.1. The Labute approximate surface area is 203 Å². The van der Waals surface area contributed by atoms with Crippen molar-refractivity contribution in [3.05, 3.63) is 41.7 Å². The molecule has 0 aliphatic carbocycles. The molecule has 4 rings (SSSR count). The van der Waals surface area contributed by atoms with E-state index >= 15 is 0 Å². The largest absolute Gasteiger partial charge is 0.389 e. The molecule has 1 aliphatic rings. The number of nitrogen functional groups attached to an aromatic ring is 1. The van der Waals surface area contributed by atoms with Crippen LogP contribution in [0.5, 0.6) is 0 Å². The average Bonchev–Trinajstić information content (AvgIpc) is 3.26. The quantitative estimate of drug-likeness (QED) is 0.417. The van der Waals surface area contributed by atoms with Crippen LogP contribution >= 0.6 is 11.3 Å². The van der Waals surface area contributed by atoms with Crippen LogP contribution in [0, 0.1) is 11.6 Å². The smallest absolute Gasteiger partial charge is 0.277 e. The second kappa shape index (κ2) is 10.6. The highest BCUT2D eigenvalue weighted by Gasteiger charge is 2.26. The van der Waals surface area contributed by atoms with Gasteiger partial charge in [0.1, 0.15) is 27.3 Å². The third-order valence-electron chi connectivity index (χ3n) is 5.79. The number of nitrogens with one attached hydrogen (secondary N) is 2. The van der Waals surface area contributed by atoms with Crippen molar-refractivity contribution < 1.29 is 22.4 Å². The van der Waals surface area contributed by atoms with E-state index in [0.29, 0.717) is 31.0 Å². The lowest BCUT2D eigenvalue weighted by Crippen LogP contribution is -2.34. The number of hydrogen-bond donors (Lipinski definition) is 3. The first-order valence-corrected chi connectivity index (χ1v) is 11.9. The molecule has 13 heteroatoms. The molecule has 35 heavy (non-hydrogen) atoms. The van der Waals surface area contributed by atoms with Crippen LogP contribution in [0.3, 0.4) is 0 Å². The van der Waals surface area contributed by atoms with Gasteiger partial charge in [-0.2, -0.15) is 5.10 Å². The monoisotopic (exact) mass is 511 g/mol. The molecule has 2 aromatic heterocycles. The Morgan fingerprint density at radius 2 is 2.00 bits per heavy atom. The van der Waals surface area contributed by atoms with Gasteiger partial charge in [-0.15, -0.1) is 0 Å². The highest BCUT2D eigenvalue weighted by atomic mass is 32.1. The predicted octanol–water partition coefficient (Wildman–Crippen LogP) is 3.87. The summed E-state index contributed by atoms with van der Waals surface area (Å²) in [5, 5.41) is 9.87. The maximum Gasteiger partial charge on any atom is 0.277 e. The van der Waals surface area contributed by atoms with Gasteiger partial charge in [-0.3, -0.25) is 9.48 Å². The molecule has 0 bridgehead atoms. The lowest BCUT2D eigenvalue weighted by molar-refractivity contribution is 0.102. The molecule has 0 radical (unpaired) electrons. The highest BCUT2D eigenvalue weighted by molar-refractivity contribution is 7.19. The molecule has 0 spiro atoms. The average molecular weight is 512 g/mol. The van der Waals surface area contributed by atoms with Crippen molar-refractivity contribution in [3.8, 4) is 10.6 Å². The molecule has 1 fully saturated rings. The van der Waals surface area contributed by atoms with Gasteiger partial charge < -0.3 is 21.3 Å². The zero-order valence-electron chi connectivity index (χ0n) is 18.9. The number of nitrogens with two attached hydrogens (primary N) is 1. The first kappa shape index (κ1) is 24.9. The first-order chi connectivity index (χ1) is 16.7. The van der Waals surface area contributed by atoms with Crippen molar-refractivity contribution >= 4 is 33.8 Å². The van der Waals surface area contributed by atoms with E-state index < -0.39 is 24.0 Å². The molecule has 1 aliphatic heterocycles. The summed E-state index contributed by atoms with van der Waals surface area (Å²) in [5.74, 6) is -1.59. The summed E-state index contributed by atoms with van der Waals surface area (Å²) in [6.45, 7) is 0.898. The second-order valence-electron chi connectivity index (χ2n) is 8.20. The number of alkyl halides is 2. The molecular formula is C22H25F4N7OS. The normalized spacial score (nSPS) is 16.5. The van der Waals surface area contributed by atoms with E-state index in [1.54, 1.807) is 11.7 Å². The molecular weight excluding hydrogens is 486 g/mol. The van der Waals surface area contributed by atoms with Gasteiger partial charge in [0.25, 0.3) is 12.3 Å². The van der Waals surface area contributed by atoms with Gasteiger partial charge in [-0.25, -0.2) is 22.5 Å². The van der Waals surface area contributed by atoms with Crippen molar-refractivity contribution in [1.82, 2.24) is 20.1 Å². The minimum absolute atomic E-state index is 0.0210. The van der Waals surface area contributed by atoms with Crippen LogP contribution in [0.25, 0.3) is 10.6 Å². The van der Waals surface area contributed by atoms with Gasteiger partial charge in [0.15, 0.2) is 11.5 Å². The van der Waals surface area contributed by atoms with Crippen LogP contribution in [0.1, 0.15) is 29.8 Å². The van der Waals surface area contributed by atoms with Crippen molar-refractivity contribution in [2.75, 3.05) is 35.6 Å². The lowest BCUT2D eigenvalue weighted by atomic mass is 10.1. The van der Waals surface area contributed by atoms with E-state index in [1.807, 2.05) is 4.90 Å². The molecule has 188 valence electrons. The Balaban J connectivity index is 1.51. The summed E-state index contributed by atoms with van der Waals surface area (Å²) in [7, 11) is 1.73.